The molecule has 3 N–H and O–H groups in total. The number of carbonyl (C=O) groups excluding carboxylic acids is 1. The molecule has 0 radical (unpaired) electrons. The van der Waals surface area contributed by atoms with Gasteiger partial charge in [0.1, 0.15) is 0 Å². The molecule has 0 aliphatic heterocycles. The SMILES string of the molecule is CN=C(NCC(=O)NCCOC)NCC(C)COCc1ccccc1.I. The zero-order valence-electron chi connectivity index (χ0n) is 15.8. The molecule has 0 spiro atoms. The number of aliphatic imine (C=N–C) groups is 1. The number of methoxy groups -OCH3 is 1. The molecule has 1 atom stereocenters. The van der Waals surface area contributed by atoms with Crippen LogP contribution in [0.5, 0.6) is 0 Å². The monoisotopic (exact) mass is 478 g/mol. The van der Waals surface area contributed by atoms with Crippen LogP contribution in [0.15, 0.2) is 35.3 Å². The van der Waals surface area contributed by atoms with Crippen LogP contribution in [0.3, 0.4) is 0 Å². The van der Waals surface area contributed by atoms with E-state index in [4.69, 9.17) is 9.47 Å². The van der Waals surface area contributed by atoms with Crippen molar-refractivity contribution >= 4 is 35.8 Å². The summed E-state index contributed by atoms with van der Waals surface area (Å²) in [4.78, 5) is 15.7. The second-order valence-corrected chi connectivity index (χ2v) is 5.76. The van der Waals surface area contributed by atoms with Gasteiger partial charge >= 0.3 is 0 Å². The Morgan fingerprint density at radius 3 is 2.58 bits per heavy atom. The van der Waals surface area contributed by atoms with Crippen LogP contribution in [0, 0.1) is 5.92 Å². The molecule has 26 heavy (non-hydrogen) atoms. The number of nitrogens with zero attached hydrogens (tertiary/aromatic N) is 1. The summed E-state index contributed by atoms with van der Waals surface area (Å²) in [7, 11) is 3.27. The lowest BCUT2D eigenvalue weighted by molar-refractivity contribution is -0.120. The molecular weight excluding hydrogens is 447 g/mol. The van der Waals surface area contributed by atoms with Crippen LogP contribution in [0.2, 0.25) is 0 Å². The van der Waals surface area contributed by atoms with E-state index in [1.165, 1.54) is 5.56 Å². The van der Waals surface area contributed by atoms with Crippen LogP contribution >= 0.6 is 24.0 Å². The molecule has 148 valence electrons. The van der Waals surface area contributed by atoms with Gasteiger partial charge in [0.25, 0.3) is 0 Å². The highest BCUT2D eigenvalue weighted by molar-refractivity contribution is 14.0. The molecule has 0 bridgehead atoms. The maximum absolute atomic E-state index is 11.6. The number of benzene rings is 1. The van der Waals surface area contributed by atoms with Crippen molar-refractivity contribution in [2.45, 2.75) is 13.5 Å². The first-order chi connectivity index (χ1) is 12.2. The van der Waals surface area contributed by atoms with Crippen LogP contribution in [-0.4, -0.2) is 58.9 Å². The van der Waals surface area contributed by atoms with E-state index in [2.05, 4.69) is 27.9 Å². The molecule has 0 saturated heterocycles. The van der Waals surface area contributed by atoms with E-state index < -0.39 is 0 Å². The van der Waals surface area contributed by atoms with Crippen LogP contribution in [0.1, 0.15) is 12.5 Å². The second-order valence-electron chi connectivity index (χ2n) is 5.76. The molecule has 1 aromatic rings. The summed E-state index contributed by atoms with van der Waals surface area (Å²) in [5, 5.41) is 8.92. The largest absolute Gasteiger partial charge is 0.383 e. The average Bonchev–Trinajstić information content (AvgIpc) is 2.63. The Bertz CT molecular complexity index is 514. The number of nitrogens with one attached hydrogen (secondary N) is 3. The zero-order valence-corrected chi connectivity index (χ0v) is 18.1. The van der Waals surface area contributed by atoms with Crippen molar-refractivity contribution < 1.29 is 14.3 Å². The Labute approximate surface area is 173 Å². The molecule has 0 fully saturated rings. The molecule has 0 saturated carbocycles. The number of hydrogen-bond donors (Lipinski definition) is 3. The Hall–Kier alpha value is -1.39. The lowest BCUT2D eigenvalue weighted by Gasteiger charge is -2.16. The number of halogens is 1. The van der Waals surface area contributed by atoms with Gasteiger partial charge in [0.15, 0.2) is 5.96 Å². The average molecular weight is 478 g/mol. The van der Waals surface area contributed by atoms with Gasteiger partial charge in [0.2, 0.25) is 5.91 Å². The maximum Gasteiger partial charge on any atom is 0.239 e. The molecule has 8 heteroatoms. The fourth-order valence-electron chi connectivity index (χ4n) is 2.02. The number of rotatable bonds is 11. The molecule has 0 aliphatic carbocycles. The summed E-state index contributed by atoms with van der Waals surface area (Å²) < 4.78 is 10.6. The van der Waals surface area contributed by atoms with Crippen LogP contribution in [0.4, 0.5) is 0 Å². The van der Waals surface area contributed by atoms with Gasteiger partial charge in [-0.25, -0.2) is 0 Å². The molecule has 0 aromatic heterocycles. The van der Waals surface area contributed by atoms with Crippen molar-refractivity contribution in [3.8, 4) is 0 Å². The third-order valence-corrected chi connectivity index (χ3v) is 3.40. The summed E-state index contributed by atoms with van der Waals surface area (Å²) >= 11 is 0. The molecule has 1 rings (SSSR count). The van der Waals surface area contributed by atoms with Crippen molar-refractivity contribution in [3.63, 3.8) is 0 Å². The lowest BCUT2D eigenvalue weighted by atomic mass is 10.2. The first-order valence-electron chi connectivity index (χ1n) is 8.47. The fraction of sp³-hybridized carbons (Fsp3) is 0.556. The number of guanidine groups is 1. The van der Waals surface area contributed by atoms with Gasteiger partial charge in [-0.2, -0.15) is 0 Å². The molecule has 0 heterocycles. The fourth-order valence-corrected chi connectivity index (χ4v) is 2.02. The third-order valence-electron chi connectivity index (χ3n) is 3.40. The van der Waals surface area contributed by atoms with Crippen molar-refractivity contribution in [2.75, 3.05) is 47.0 Å². The van der Waals surface area contributed by atoms with E-state index in [1.807, 2.05) is 30.3 Å². The highest BCUT2D eigenvalue weighted by atomic mass is 127. The van der Waals surface area contributed by atoms with E-state index in [0.717, 1.165) is 0 Å². The van der Waals surface area contributed by atoms with Gasteiger partial charge in [0, 0.05) is 27.2 Å². The topological polar surface area (TPSA) is 84.0 Å². The minimum absolute atomic E-state index is 0. The molecule has 1 unspecified atom stereocenters. The normalized spacial score (nSPS) is 12.0. The van der Waals surface area contributed by atoms with Crippen LogP contribution in [-0.2, 0) is 20.9 Å². The third kappa shape index (κ3) is 12.0. The Morgan fingerprint density at radius 1 is 1.19 bits per heavy atom. The molecule has 1 aromatic carbocycles. The van der Waals surface area contributed by atoms with E-state index in [9.17, 15) is 4.79 Å². The Morgan fingerprint density at radius 2 is 1.92 bits per heavy atom. The zero-order chi connectivity index (χ0) is 18.3. The van der Waals surface area contributed by atoms with Crippen molar-refractivity contribution in [1.82, 2.24) is 16.0 Å². The molecule has 0 aliphatic rings. The van der Waals surface area contributed by atoms with Crippen molar-refractivity contribution in [3.05, 3.63) is 35.9 Å². The van der Waals surface area contributed by atoms with Crippen LogP contribution in [0.25, 0.3) is 0 Å². The van der Waals surface area contributed by atoms with Gasteiger partial charge in [-0.1, -0.05) is 37.3 Å². The second kappa shape index (κ2) is 15.8. The Kier molecular flexibility index (Phi) is 15.0. The summed E-state index contributed by atoms with van der Waals surface area (Å²) in [5.41, 5.74) is 1.17. The number of carbonyl (C=O) groups is 1. The molecule has 7 nitrogen and oxygen atoms in total. The van der Waals surface area contributed by atoms with Crippen molar-refractivity contribution in [1.29, 1.82) is 0 Å². The maximum atomic E-state index is 11.6. The first-order valence-corrected chi connectivity index (χ1v) is 8.47. The van der Waals surface area contributed by atoms with E-state index in [-0.39, 0.29) is 36.4 Å². The molecule has 1 amide bonds. The highest BCUT2D eigenvalue weighted by Crippen LogP contribution is 2.02. The van der Waals surface area contributed by atoms with E-state index >= 15 is 0 Å². The summed E-state index contributed by atoms with van der Waals surface area (Å²) in [6, 6.07) is 10.1. The van der Waals surface area contributed by atoms with Crippen LogP contribution < -0.4 is 16.0 Å². The van der Waals surface area contributed by atoms with Gasteiger partial charge < -0.3 is 25.4 Å². The summed E-state index contributed by atoms with van der Waals surface area (Å²) in [6.07, 6.45) is 0. The lowest BCUT2D eigenvalue weighted by Crippen LogP contribution is -2.45. The minimum atomic E-state index is -0.0979. The minimum Gasteiger partial charge on any atom is -0.383 e. The first kappa shape index (κ1) is 24.6. The van der Waals surface area contributed by atoms with E-state index in [0.29, 0.717) is 44.8 Å². The quantitative estimate of drug-likeness (QED) is 0.194. The van der Waals surface area contributed by atoms with Crippen molar-refractivity contribution in [2.24, 2.45) is 10.9 Å². The van der Waals surface area contributed by atoms with Gasteiger partial charge in [-0.3, -0.25) is 9.79 Å². The van der Waals surface area contributed by atoms with Gasteiger partial charge in [-0.15, -0.1) is 24.0 Å². The highest BCUT2D eigenvalue weighted by Gasteiger charge is 2.06. The number of ether oxygens (including phenoxy) is 2. The van der Waals surface area contributed by atoms with Gasteiger partial charge in [0.05, 0.1) is 26.4 Å². The number of amides is 1. The summed E-state index contributed by atoms with van der Waals surface area (Å²) in [5.74, 6) is 0.814. The smallest absolute Gasteiger partial charge is 0.239 e. The standard InChI is InChI=1S/C18H30N4O3.HI/c1-15(13-25-14-16-7-5-4-6-8-16)11-21-18(19-2)22-12-17(23)20-9-10-24-3;/h4-8,15H,9-14H2,1-3H3,(H,20,23)(H2,19,21,22);1H. The van der Waals surface area contributed by atoms with E-state index in [1.54, 1.807) is 14.2 Å². The number of hydrogen-bond acceptors (Lipinski definition) is 4. The molecular formula is C18H31IN4O3. The Balaban J connectivity index is 0.00000625. The predicted molar refractivity (Wildman–Crippen MR) is 115 cm³/mol. The summed E-state index contributed by atoms with van der Waals surface area (Å²) in [6.45, 7) is 5.24. The predicted octanol–water partition coefficient (Wildman–Crippen LogP) is 1.38. The van der Waals surface area contributed by atoms with Gasteiger partial charge in [-0.05, 0) is 11.5 Å².